The maximum absolute atomic E-state index is 11.8. The van der Waals surface area contributed by atoms with E-state index in [0.717, 1.165) is 5.56 Å². The number of esters is 1. The molecule has 2 aromatic rings. The molecule has 0 radical (unpaired) electrons. The molecular formula is C19H17NO5. The molecule has 6 heteroatoms. The molecule has 0 amide bonds. The summed E-state index contributed by atoms with van der Waals surface area (Å²) in [6.45, 7) is 1.73. The highest BCUT2D eigenvalue weighted by molar-refractivity contribution is 6.04. The lowest BCUT2D eigenvalue weighted by Crippen LogP contribution is -2.12. The van der Waals surface area contributed by atoms with Gasteiger partial charge in [-0.2, -0.15) is 0 Å². The lowest BCUT2D eigenvalue weighted by Gasteiger charge is -2.12. The van der Waals surface area contributed by atoms with Crippen molar-refractivity contribution in [2.45, 2.75) is 19.4 Å². The first-order valence-corrected chi connectivity index (χ1v) is 7.65. The van der Waals surface area contributed by atoms with Gasteiger partial charge in [0.2, 0.25) is 0 Å². The Labute approximate surface area is 144 Å². The number of non-ortho nitro benzene ring substituents is 1. The molecule has 1 atom stereocenters. The third kappa shape index (κ3) is 5.69. The number of rotatable bonds is 7. The third-order valence-corrected chi connectivity index (χ3v) is 3.44. The molecule has 25 heavy (non-hydrogen) atoms. The fourth-order valence-corrected chi connectivity index (χ4v) is 2.16. The molecule has 0 heterocycles. The number of nitro benzene ring substituents is 1. The molecule has 0 unspecified atom stereocenters. The number of nitrogens with zero attached hydrogens (tertiary/aromatic N) is 1. The second-order valence-electron chi connectivity index (χ2n) is 5.37. The quantitative estimate of drug-likeness (QED) is 0.251. The Morgan fingerprint density at radius 2 is 1.88 bits per heavy atom. The molecule has 0 aliphatic carbocycles. The second-order valence-corrected chi connectivity index (χ2v) is 5.37. The molecule has 0 fully saturated rings. The molecule has 2 aromatic carbocycles. The summed E-state index contributed by atoms with van der Waals surface area (Å²) in [5.41, 5.74) is 1.29. The number of carbonyl (C=O) groups excluding carboxylic acids is 2. The molecule has 128 valence electrons. The van der Waals surface area contributed by atoms with E-state index >= 15 is 0 Å². The summed E-state index contributed by atoms with van der Waals surface area (Å²) in [7, 11) is 0. The summed E-state index contributed by atoms with van der Waals surface area (Å²) in [6, 6.07) is 15.1. The Bertz CT molecular complexity index is 798. The van der Waals surface area contributed by atoms with Gasteiger partial charge in [0.1, 0.15) is 12.5 Å². The molecule has 0 aliphatic heterocycles. The number of hydrogen-bond donors (Lipinski definition) is 0. The molecule has 0 aliphatic rings. The standard InChI is InChI=1S/C19H17NO5/c1-14(16-7-3-2-4-8-16)25-19(22)13-18(21)11-10-15-6-5-9-17(12-15)20(23)24/h2-12,14H,13H2,1H3/t14-/m0/s1. The zero-order valence-corrected chi connectivity index (χ0v) is 13.6. The van der Waals surface area contributed by atoms with Gasteiger partial charge in [-0.25, -0.2) is 0 Å². The van der Waals surface area contributed by atoms with Crippen LogP contribution >= 0.6 is 0 Å². The van der Waals surface area contributed by atoms with Gasteiger partial charge in [-0.05, 0) is 24.1 Å². The molecule has 0 aromatic heterocycles. The van der Waals surface area contributed by atoms with Crippen molar-refractivity contribution < 1.29 is 19.2 Å². The van der Waals surface area contributed by atoms with Gasteiger partial charge in [0, 0.05) is 12.1 Å². The van der Waals surface area contributed by atoms with Crippen LogP contribution in [-0.4, -0.2) is 16.7 Å². The number of benzene rings is 2. The van der Waals surface area contributed by atoms with Crippen molar-refractivity contribution in [1.29, 1.82) is 0 Å². The third-order valence-electron chi connectivity index (χ3n) is 3.44. The first-order valence-electron chi connectivity index (χ1n) is 7.65. The summed E-state index contributed by atoms with van der Waals surface area (Å²) in [5, 5.41) is 10.7. The molecule has 6 nitrogen and oxygen atoms in total. The van der Waals surface area contributed by atoms with E-state index in [9.17, 15) is 19.7 Å². The minimum absolute atomic E-state index is 0.0642. The first kappa shape index (κ1) is 18.1. The fraction of sp³-hybridized carbons (Fsp3) is 0.158. The van der Waals surface area contributed by atoms with E-state index in [-0.39, 0.29) is 12.1 Å². The van der Waals surface area contributed by atoms with Crippen LogP contribution in [0.5, 0.6) is 0 Å². The van der Waals surface area contributed by atoms with Crippen molar-refractivity contribution in [2.75, 3.05) is 0 Å². The highest BCUT2D eigenvalue weighted by atomic mass is 16.6. The van der Waals surface area contributed by atoms with Crippen LogP contribution < -0.4 is 0 Å². The Balaban J connectivity index is 1.90. The van der Waals surface area contributed by atoms with Gasteiger partial charge >= 0.3 is 5.97 Å². The summed E-state index contributed by atoms with van der Waals surface area (Å²) >= 11 is 0. The largest absolute Gasteiger partial charge is 0.457 e. The van der Waals surface area contributed by atoms with Crippen LogP contribution in [0.1, 0.15) is 30.6 Å². The molecule has 0 spiro atoms. The number of carbonyl (C=O) groups is 2. The monoisotopic (exact) mass is 339 g/mol. The van der Waals surface area contributed by atoms with Crippen molar-refractivity contribution in [3.63, 3.8) is 0 Å². The van der Waals surface area contributed by atoms with E-state index < -0.39 is 22.8 Å². The molecular weight excluding hydrogens is 322 g/mol. The highest BCUT2D eigenvalue weighted by Crippen LogP contribution is 2.17. The predicted molar refractivity (Wildman–Crippen MR) is 92.7 cm³/mol. The smallest absolute Gasteiger partial charge is 0.314 e. The molecule has 0 saturated carbocycles. The van der Waals surface area contributed by atoms with Crippen LogP contribution in [-0.2, 0) is 14.3 Å². The zero-order chi connectivity index (χ0) is 18.2. The van der Waals surface area contributed by atoms with Crippen LogP contribution in [0.15, 0.2) is 60.7 Å². The number of ketones is 1. The fourth-order valence-electron chi connectivity index (χ4n) is 2.16. The Morgan fingerprint density at radius 3 is 2.56 bits per heavy atom. The molecule has 0 saturated heterocycles. The topological polar surface area (TPSA) is 86.5 Å². The van der Waals surface area contributed by atoms with Crippen molar-refractivity contribution in [3.8, 4) is 0 Å². The summed E-state index contributed by atoms with van der Waals surface area (Å²) in [5.74, 6) is -1.05. The van der Waals surface area contributed by atoms with Gasteiger partial charge in [0.15, 0.2) is 5.78 Å². The average molecular weight is 339 g/mol. The van der Waals surface area contributed by atoms with E-state index in [1.165, 1.54) is 30.4 Å². The van der Waals surface area contributed by atoms with Crippen LogP contribution in [0.2, 0.25) is 0 Å². The first-order chi connectivity index (χ1) is 12.0. The maximum atomic E-state index is 11.8. The number of nitro groups is 1. The van der Waals surface area contributed by atoms with Gasteiger partial charge in [-0.3, -0.25) is 19.7 Å². The van der Waals surface area contributed by atoms with E-state index in [1.807, 2.05) is 30.3 Å². The van der Waals surface area contributed by atoms with Crippen LogP contribution in [0.25, 0.3) is 6.08 Å². The average Bonchev–Trinajstić information content (AvgIpc) is 2.60. The van der Waals surface area contributed by atoms with Crippen molar-refractivity contribution in [2.24, 2.45) is 0 Å². The summed E-state index contributed by atoms with van der Waals surface area (Å²) < 4.78 is 5.23. The lowest BCUT2D eigenvalue weighted by atomic mass is 10.1. The Hall–Kier alpha value is -3.28. The van der Waals surface area contributed by atoms with Crippen molar-refractivity contribution >= 4 is 23.5 Å². The summed E-state index contributed by atoms with van der Waals surface area (Å²) in [4.78, 5) is 33.9. The minimum atomic E-state index is -0.620. The molecule has 0 N–H and O–H groups in total. The number of allylic oxidation sites excluding steroid dienone is 1. The van der Waals surface area contributed by atoms with Crippen LogP contribution in [0.3, 0.4) is 0 Å². The van der Waals surface area contributed by atoms with Gasteiger partial charge in [-0.15, -0.1) is 0 Å². The van der Waals surface area contributed by atoms with Gasteiger partial charge in [0.25, 0.3) is 5.69 Å². The zero-order valence-electron chi connectivity index (χ0n) is 13.6. The van der Waals surface area contributed by atoms with Crippen LogP contribution in [0.4, 0.5) is 5.69 Å². The summed E-state index contributed by atoms with van der Waals surface area (Å²) in [6.07, 6.45) is 1.82. The van der Waals surface area contributed by atoms with Crippen molar-refractivity contribution in [1.82, 2.24) is 0 Å². The molecule has 2 rings (SSSR count). The van der Waals surface area contributed by atoms with E-state index in [0.29, 0.717) is 5.56 Å². The Morgan fingerprint density at radius 1 is 1.16 bits per heavy atom. The van der Waals surface area contributed by atoms with Gasteiger partial charge < -0.3 is 4.74 Å². The number of ether oxygens (including phenoxy) is 1. The lowest BCUT2D eigenvalue weighted by molar-refractivity contribution is -0.384. The van der Waals surface area contributed by atoms with E-state index in [1.54, 1.807) is 13.0 Å². The van der Waals surface area contributed by atoms with E-state index in [4.69, 9.17) is 4.74 Å². The van der Waals surface area contributed by atoms with E-state index in [2.05, 4.69) is 0 Å². The van der Waals surface area contributed by atoms with Gasteiger partial charge in [-0.1, -0.05) is 48.5 Å². The SMILES string of the molecule is C[C@H](OC(=O)CC(=O)C=Cc1cccc([N+](=O)[O-])c1)c1ccccc1. The highest BCUT2D eigenvalue weighted by Gasteiger charge is 2.14. The normalized spacial score (nSPS) is 11.9. The Kier molecular flexibility index (Phi) is 6.17. The molecule has 0 bridgehead atoms. The maximum Gasteiger partial charge on any atom is 0.314 e. The minimum Gasteiger partial charge on any atom is -0.457 e. The van der Waals surface area contributed by atoms with Crippen LogP contribution in [0, 0.1) is 10.1 Å². The number of hydrogen-bond acceptors (Lipinski definition) is 5. The van der Waals surface area contributed by atoms with Crippen molar-refractivity contribution in [3.05, 3.63) is 81.9 Å². The predicted octanol–water partition coefficient (Wildman–Crippen LogP) is 3.87. The second kappa shape index (κ2) is 8.54. The van der Waals surface area contributed by atoms with Gasteiger partial charge in [0.05, 0.1) is 4.92 Å².